The Hall–Kier alpha value is -3.93. The molecule has 11 nitrogen and oxygen atoms in total. The van der Waals surface area contributed by atoms with Crippen molar-refractivity contribution in [3.63, 3.8) is 0 Å². The smallest absolute Gasteiger partial charge is 0.281 e. The number of nitrogens with one attached hydrogen (secondary N) is 1. The number of ether oxygens (including phenoxy) is 1. The highest BCUT2D eigenvalue weighted by Crippen LogP contribution is 2.33. The fourth-order valence-corrected chi connectivity index (χ4v) is 5.19. The van der Waals surface area contributed by atoms with Gasteiger partial charge in [-0.3, -0.25) is 4.79 Å². The summed E-state index contributed by atoms with van der Waals surface area (Å²) in [6, 6.07) is 9.14. The lowest BCUT2D eigenvalue weighted by Crippen LogP contribution is -2.37. The zero-order chi connectivity index (χ0) is 26.9. The number of nitrogen functional groups attached to an aromatic ring is 1. The first-order valence-electron chi connectivity index (χ1n) is 11.9. The molecule has 1 amide bonds. The van der Waals surface area contributed by atoms with E-state index in [9.17, 15) is 18.3 Å². The van der Waals surface area contributed by atoms with Crippen LogP contribution in [0, 0.1) is 0 Å². The number of hydrogen-bond acceptors (Lipinski definition) is 10. The maximum absolute atomic E-state index is 13.3. The highest BCUT2D eigenvalue weighted by molar-refractivity contribution is 7.90. The molecule has 3 aromatic rings. The molecular weight excluding hydrogens is 496 g/mol. The van der Waals surface area contributed by atoms with Crippen molar-refractivity contribution in [2.24, 2.45) is 0 Å². The van der Waals surface area contributed by atoms with Crippen molar-refractivity contribution in [1.29, 1.82) is 0 Å². The number of carbonyl (C=O) groups excluding carboxylic acids is 1. The monoisotopic (exact) mass is 530 g/mol. The van der Waals surface area contributed by atoms with Gasteiger partial charge in [0.2, 0.25) is 5.88 Å². The van der Waals surface area contributed by atoms with Gasteiger partial charge in [0.1, 0.15) is 5.82 Å². The molecule has 0 unspecified atom stereocenters. The standard InChI is InChI=1S/C25H30N6O5S.2H2/c1-14(2)36-21-11-7-17(13-27-21)19-9-8-18(24(28-19)31-15(3)5-6-16(31)4)25(33)30-37(34,35)22-12-10-20(32)23(26)29-22;;/h7-16,32H,5-6H2,1-4H3,(H2,26,29)(H,30,33);2*1H/t15-,16+;;. The number of pyridine rings is 3. The Balaban J connectivity index is 0.00000267. The van der Waals surface area contributed by atoms with Crippen LogP contribution in [0.3, 0.4) is 0 Å². The van der Waals surface area contributed by atoms with Crippen molar-refractivity contribution in [2.45, 2.75) is 63.8 Å². The van der Waals surface area contributed by atoms with Crippen molar-refractivity contribution < 1.29 is 25.9 Å². The normalized spacial score (nSPS) is 17.7. The summed E-state index contributed by atoms with van der Waals surface area (Å²) in [7, 11) is -4.36. The van der Waals surface area contributed by atoms with E-state index in [1.807, 2.05) is 38.7 Å². The summed E-state index contributed by atoms with van der Waals surface area (Å²) in [5.74, 6) is -0.704. The molecule has 1 aliphatic rings. The third-order valence-electron chi connectivity index (χ3n) is 6.08. The molecule has 0 aliphatic carbocycles. The number of nitrogens with two attached hydrogens (primary N) is 1. The Morgan fingerprint density at radius 2 is 1.84 bits per heavy atom. The van der Waals surface area contributed by atoms with Crippen LogP contribution in [0.2, 0.25) is 0 Å². The van der Waals surface area contributed by atoms with Crippen LogP contribution in [0.5, 0.6) is 11.6 Å². The predicted octanol–water partition coefficient (Wildman–Crippen LogP) is 3.60. The molecule has 0 radical (unpaired) electrons. The van der Waals surface area contributed by atoms with Gasteiger partial charge in [-0.2, -0.15) is 8.42 Å². The second-order valence-corrected chi connectivity index (χ2v) is 10.9. The minimum Gasteiger partial charge on any atom is -0.504 e. The summed E-state index contributed by atoms with van der Waals surface area (Å²) in [6.07, 6.45) is 3.45. The van der Waals surface area contributed by atoms with Crippen molar-refractivity contribution in [3.05, 3.63) is 48.2 Å². The summed E-state index contributed by atoms with van der Waals surface area (Å²) in [6.45, 7) is 7.91. The van der Waals surface area contributed by atoms with E-state index in [2.05, 4.69) is 14.7 Å². The average molecular weight is 531 g/mol. The van der Waals surface area contributed by atoms with Crippen LogP contribution in [-0.4, -0.2) is 52.6 Å². The van der Waals surface area contributed by atoms with Crippen LogP contribution in [0.15, 0.2) is 47.6 Å². The van der Waals surface area contributed by atoms with Crippen LogP contribution in [0.1, 0.15) is 53.7 Å². The topological polar surface area (TPSA) is 161 Å². The second-order valence-electron chi connectivity index (χ2n) is 9.29. The molecule has 2 atom stereocenters. The summed E-state index contributed by atoms with van der Waals surface area (Å²) < 4.78 is 33.4. The number of amides is 1. The summed E-state index contributed by atoms with van der Waals surface area (Å²) in [5.41, 5.74) is 6.94. The van der Waals surface area contributed by atoms with Gasteiger partial charge in [-0.05, 0) is 70.9 Å². The number of aromatic hydroxyl groups is 1. The Kier molecular flexibility index (Phi) is 7.21. The van der Waals surface area contributed by atoms with Crippen LogP contribution >= 0.6 is 0 Å². The molecule has 1 aliphatic heterocycles. The molecule has 4 rings (SSSR count). The summed E-state index contributed by atoms with van der Waals surface area (Å²) in [5, 5.41) is 9.07. The first-order valence-corrected chi connectivity index (χ1v) is 13.4. The van der Waals surface area contributed by atoms with Gasteiger partial charge >= 0.3 is 0 Å². The quantitative estimate of drug-likeness (QED) is 0.411. The molecule has 1 saturated heterocycles. The number of rotatable bonds is 7. The van der Waals surface area contributed by atoms with E-state index in [4.69, 9.17) is 15.5 Å². The first-order chi connectivity index (χ1) is 17.5. The van der Waals surface area contributed by atoms with E-state index in [-0.39, 0.29) is 38.2 Å². The molecular formula is C25H34N6O5S. The van der Waals surface area contributed by atoms with E-state index in [1.54, 1.807) is 24.4 Å². The Morgan fingerprint density at radius 1 is 1.14 bits per heavy atom. The fourth-order valence-electron chi connectivity index (χ4n) is 4.27. The first kappa shape index (κ1) is 26.1. The highest BCUT2D eigenvalue weighted by atomic mass is 32.2. The van der Waals surface area contributed by atoms with Gasteiger partial charge in [-0.1, -0.05) is 0 Å². The Bertz CT molecular complexity index is 1410. The number of nitrogens with zero attached hydrogens (tertiary/aromatic N) is 4. The fraction of sp³-hybridized carbons (Fsp3) is 0.360. The molecule has 12 heteroatoms. The zero-order valence-corrected chi connectivity index (χ0v) is 21.9. The average Bonchev–Trinajstić information content (AvgIpc) is 3.17. The summed E-state index contributed by atoms with van der Waals surface area (Å²) in [4.78, 5) is 28.1. The van der Waals surface area contributed by atoms with Gasteiger partial charge in [0, 0.05) is 32.8 Å². The third-order valence-corrected chi connectivity index (χ3v) is 7.32. The van der Waals surface area contributed by atoms with Crippen LogP contribution in [0.4, 0.5) is 11.6 Å². The number of anilines is 2. The maximum atomic E-state index is 13.3. The number of aromatic nitrogens is 3. The van der Waals surface area contributed by atoms with Crippen LogP contribution < -0.4 is 20.1 Å². The minimum atomic E-state index is -4.36. The van der Waals surface area contributed by atoms with Crippen molar-refractivity contribution in [1.82, 2.24) is 19.7 Å². The van der Waals surface area contributed by atoms with E-state index < -0.39 is 21.0 Å². The Labute approximate surface area is 218 Å². The van der Waals surface area contributed by atoms with Gasteiger partial charge < -0.3 is 20.5 Å². The van der Waals surface area contributed by atoms with E-state index >= 15 is 0 Å². The van der Waals surface area contributed by atoms with E-state index in [0.29, 0.717) is 17.4 Å². The lowest BCUT2D eigenvalue weighted by Gasteiger charge is -2.29. The Morgan fingerprint density at radius 3 is 2.43 bits per heavy atom. The molecule has 4 heterocycles. The van der Waals surface area contributed by atoms with Crippen LogP contribution in [-0.2, 0) is 10.0 Å². The molecule has 3 aromatic heterocycles. The highest BCUT2D eigenvalue weighted by Gasteiger charge is 2.33. The number of hydrogen-bond donors (Lipinski definition) is 3. The number of sulfonamides is 1. The van der Waals surface area contributed by atoms with Gasteiger partial charge in [0.05, 0.1) is 17.4 Å². The molecule has 0 saturated carbocycles. The second kappa shape index (κ2) is 10.2. The molecule has 37 heavy (non-hydrogen) atoms. The maximum Gasteiger partial charge on any atom is 0.281 e. The van der Waals surface area contributed by atoms with E-state index in [1.165, 1.54) is 0 Å². The minimum absolute atomic E-state index is 0. The van der Waals surface area contributed by atoms with Crippen molar-refractivity contribution in [2.75, 3.05) is 10.6 Å². The molecule has 1 fully saturated rings. The van der Waals surface area contributed by atoms with Gasteiger partial charge in [-0.25, -0.2) is 19.7 Å². The van der Waals surface area contributed by atoms with Crippen molar-refractivity contribution in [3.8, 4) is 22.9 Å². The van der Waals surface area contributed by atoms with Gasteiger partial charge in [0.15, 0.2) is 16.6 Å². The largest absolute Gasteiger partial charge is 0.504 e. The number of carbonyl (C=O) groups is 1. The van der Waals surface area contributed by atoms with Gasteiger partial charge in [0.25, 0.3) is 15.9 Å². The predicted molar refractivity (Wildman–Crippen MR) is 143 cm³/mol. The molecule has 0 bridgehead atoms. The third kappa shape index (κ3) is 5.58. The van der Waals surface area contributed by atoms with E-state index in [0.717, 1.165) is 30.5 Å². The van der Waals surface area contributed by atoms with Gasteiger partial charge in [-0.15, -0.1) is 0 Å². The molecule has 4 N–H and O–H groups in total. The van der Waals surface area contributed by atoms with Crippen molar-refractivity contribution >= 4 is 27.6 Å². The van der Waals surface area contributed by atoms with Crippen LogP contribution in [0.25, 0.3) is 11.3 Å². The molecule has 0 aromatic carbocycles. The SMILES string of the molecule is CC(C)Oc1ccc(-c2ccc(C(=O)NS(=O)(=O)c3ccc(O)c(N)n3)c(N3[C@H](C)CC[C@@H]3C)n2)cn1.[HH].[HH]. The lowest BCUT2D eigenvalue weighted by molar-refractivity contribution is 0.0981. The lowest BCUT2D eigenvalue weighted by atomic mass is 10.1. The summed E-state index contributed by atoms with van der Waals surface area (Å²) >= 11 is 0. The molecule has 200 valence electrons. The molecule has 0 spiro atoms. The zero-order valence-electron chi connectivity index (χ0n) is 21.0.